The normalized spacial score (nSPS) is 17.1. The Balaban J connectivity index is 1.13. The predicted molar refractivity (Wildman–Crippen MR) is 168 cm³/mol. The van der Waals surface area contributed by atoms with Crippen molar-refractivity contribution in [3.05, 3.63) is 87.2 Å². The number of allylic oxidation sites excluding steroid dienone is 3. The van der Waals surface area contributed by atoms with Crippen molar-refractivity contribution in [1.82, 2.24) is 30.4 Å². The van der Waals surface area contributed by atoms with Crippen molar-refractivity contribution < 1.29 is 28.7 Å². The molecule has 1 unspecified atom stereocenters. The average molecular weight is 635 g/mol. The number of piperazine rings is 1. The Hall–Kier alpha value is -5.02. The van der Waals surface area contributed by atoms with Gasteiger partial charge < -0.3 is 29.2 Å². The van der Waals surface area contributed by atoms with Gasteiger partial charge in [0.05, 0.1) is 49.6 Å². The van der Waals surface area contributed by atoms with Gasteiger partial charge in [0.15, 0.2) is 0 Å². The summed E-state index contributed by atoms with van der Waals surface area (Å²) >= 11 is 0. The number of anilines is 1. The van der Waals surface area contributed by atoms with E-state index < -0.39 is 17.0 Å². The number of hydrogen-bond donors (Lipinski definition) is 1. The first-order valence-electron chi connectivity index (χ1n) is 14.9. The molecule has 0 saturated carbocycles. The van der Waals surface area contributed by atoms with Crippen LogP contribution in [0.4, 0.5) is 16.2 Å². The molecule has 1 N–H and O–H groups in total. The second kappa shape index (κ2) is 14.8. The molecule has 5 rings (SSSR count). The number of hydrogen-bond acceptors (Lipinski definition) is 13. The van der Waals surface area contributed by atoms with Crippen LogP contribution in [0.25, 0.3) is 5.57 Å². The summed E-state index contributed by atoms with van der Waals surface area (Å²) in [4.78, 5) is 29.9. The number of para-hydroxylation sites is 2. The lowest BCUT2D eigenvalue weighted by atomic mass is 9.84. The number of tetrazole rings is 1. The molecule has 0 aliphatic carbocycles. The number of rotatable bonds is 12. The third kappa shape index (κ3) is 7.61. The van der Waals surface area contributed by atoms with E-state index in [0.29, 0.717) is 35.0 Å². The molecule has 2 aliphatic rings. The van der Waals surface area contributed by atoms with Gasteiger partial charge in [0.25, 0.3) is 5.69 Å². The third-order valence-corrected chi connectivity index (χ3v) is 7.85. The summed E-state index contributed by atoms with van der Waals surface area (Å²) in [5, 5.41) is 27.2. The molecule has 0 bridgehead atoms. The Morgan fingerprint density at radius 2 is 1.83 bits per heavy atom. The summed E-state index contributed by atoms with van der Waals surface area (Å²) in [5.41, 5.74) is 3.32. The molecule has 15 heteroatoms. The van der Waals surface area contributed by atoms with E-state index >= 15 is 0 Å². The molecule has 1 atom stereocenters. The van der Waals surface area contributed by atoms with Crippen molar-refractivity contribution in [2.24, 2.45) is 7.05 Å². The van der Waals surface area contributed by atoms with Crippen LogP contribution >= 0.6 is 0 Å². The van der Waals surface area contributed by atoms with Crippen LogP contribution in [0.1, 0.15) is 31.2 Å². The van der Waals surface area contributed by atoms with Gasteiger partial charge in [-0.2, -0.15) is 4.80 Å². The maximum Gasteiger partial charge on any atom is 0.513 e. The van der Waals surface area contributed by atoms with Crippen LogP contribution in [0.15, 0.2) is 65.7 Å². The number of nitro groups is 1. The lowest BCUT2D eigenvalue weighted by molar-refractivity contribution is -0.384. The molecular weight excluding hydrogens is 596 g/mol. The van der Waals surface area contributed by atoms with E-state index in [-0.39, 0.29) is 24.7 Å². The molecule has 2 aromatic carbocycles. The SMILES string of the molecule is COc1ccccc1N1CCN(CCOCCOC(=O)OC2=C(C)NC(C)=C(c3nnn(C)n3)C2c2cccc([N+](=O)[O-])c2)CC1. The van der Waals surface area contributed by atoms with Gasteiger partial charge in [0, 0.05) is 56.1 Å². The molecule has 1 saturated heterocycles. The zero-order chi connectivity index (χ0) is 32.6. The van der Waals surface area contributed by atoms with Crippen LogP contribution < -0.4 is 15.0 Å². The molecule has 2 aliphatic heterocycles. The molecule has 15 nitrogen and oxygen atoms in total. The van der Waals surface area contributed by atoms with Gasteiger partial charge in [-0.15, -0.1) is 10.2 Å². The number of nitrogens with one attached hydrogen (secondary N) is 1. The first kappa shape index (κ1) is 32.4. The first-order chi connectivity index (χ1) is 22.2. The van der Waals surface area contributed by atoms with Crippen LogP contribution in [0, 0.1) is 10.1 Å². The zero-order valence-electron chi connectivity index (χ0n) is 26.3. The van der Waals surface area contributed by atoms with Crippen LogP contribution in [0.2, 0.25) is 0 Å². The molecular formula is C31H38N8O7. The van der Waals surface area contributed by atoms with Crippen molar-refractivity contribution in [1.29, 1.82) is 0 Å². The third-order valence-electron chi connectivity index (χ3n) is 7.85. The zero-order valence-corrected chi connectivity index (χ0v) is 26.3. The Morgan fingerprint density at radius 1 is 1.04 bits per heavy atom. The average Bonchev–Trinajstić information content (AvgIpc) is 3.49. The second-order valence-corrected chi connectivity index (χ2v) is 10.9. The maximum absolute atomic E-state index is 12.9. The lowest BCUT2D eigenvalue weighted by Gasteiger charge is -2.36. The highest BCUT2D eigenvalue weighted by Gasteiger charge is 2.36. The molecule has 1 aromatic heterocycles. The van der Waals surface area contributed by atoms with Crippen molar-refractivity contribution in [3.63, 3.8) is 0 Å². The van der Waals surface area contributed by atoms with Gasteiger partial charge in [-0.05, 0) is 36.8 Å². The Kier molecular flexibility index (Phi) is 10.4. The summed E-state index contributed by atoms with van der Waals surface area (Å²) < 4.78 is 22.3. The number of benzene rings is 2. The van der Waals surface area contributed by atoms with E-state index in [4.69, 9.17) is 18.9 Å². The van der Waals surface area contributed by atoms with Crippen molar-refractivity contribution >= 4 is 23.1 Å². The number of ether oxygens (including phenoxy) is 4. The molecule has 244 valence electrons. The number of dihydropyridines is 1. The number of methoxy groups -OCH3 is 1. The largest absolute Gasteiger partial charge is 0.513 e. The quantitative estimate of drug-likeness (QED) is 0.134. The smallest absolute Gasteiger partial charge is 0.495 e. The number of nitro benzene ring substituents is 1. The van der Waals surface area contributed by atoms with Gasteiger partial charge in [-0.1, -0.05) is 24.3 Å². The van der Waals surface area contributed by atoms with E-state index in [2.05, 4.69) is 36.6 Å². The van der Waals surface area contributed by atoms with Crippen molar-refractivity contribution in [2.45, 2.75) is 19.8 Å². The Bertz CT molecular complexity index is 1610. The molecule has 0 radical (unpaired) electrons. The van der Waals surface area contributed by atoms with E-state index in [9.17, 15) is 14.9 Å². The predicted octanol–water partition coefficient (Wildman–Crippen LogP) is 3.47. The number of carbonyl (C=O) groups excluding carboxylic acids is 1. The fraction of sp³-hybridized carbons (Fsp3) is 0.419. The molecule has 3 aromatic rings. The summed E-state index contributed by atoms with van der Waals surface area (Å²) in [6, 6.07) is 14.2. The number of aryl methyl sites for hydroxylation is 1. The Morgan fingerprint density at radius 3 is 2.54 bits per heavy atom. The minimum Gasteiger partial charge on any atom is -0.495 e. The van der Waals surface area contributed by atoms with Gasteiger partial charge in [-0.25, -0.2) is 4.79 Å². The number of aromatic nitrogens is 4. The topological polar surface area (TPSA) is 159 Å². The number of non-ortho nitro benzene ring substituents is 1. The fourth-order valence-electron chi connectivity index (χ4n) is 5.64. The summed E-state index contributed by atoms with van der Waals surface area (Å²) in [6.07, 6.45) is -0.923. The molecule has 3 heterocycles. The van der Waals surface area contributed by atoms with Crippen LogP contribution in [0.3, 0.4) is 0 Å². The molecule has 1 fully saturated rings. The highest BCUT2D eigenvalue weighted by Crippen LogP contribution is 2.43. The van der Waals surface area contributed by atoms with Gasteiger partial charge in [0.2, 0.25) is 5.82 Å². The van der Waals surface area contributed by atoms with E-state index in [0.717, 1.165) is 44.2 Å². The minimum absolute atomic E-state index is 0.00488. The standard InChI is InChI=1S/C31H38N8O7/c1-21-27(30-33-35-36(3)34-30)28(23-8-7-9-24(20-23)39(41)42)29(22(2)32-21)46-31(40)45-19-18-44-17-16-37-12-14-38(15-13-37)25-10-5-6-11-26(25)43-4/h5-11,20,28,32H,12-19H2,1-4H3. The number of carbonyl (C=O) groups is 1. The minimum atomic E-state index is -0.923. The Labute approximate surface area is 266 Å². The monoisotopic (exact) mass is 634 g/mol. The van der Waals surface area contributed by atoms with Crippen LogP contribution in [0.5, 0.6) is 5.75 Å². The number of nitrogens with zero attached hydrogens (tertiary/aromatic N) is 7. The second-order valence-electron chi connectivity index (χ2n) is 10.9. The maximum atomic E-state index is 12.9. The van der Waals surface area contributed by atoms with E-state index in [1.165, 1.54) is 16.9 Å². The van der Waals surface area contributed by atoms with Crippen molar-refractivity contribution in [2.75, 3.05) is 64.6 Å². The van der Waals surface area contributed by atoms with Gasteiger partial charge >= 0.3 is 6.16 Å². The summed E-state index contributed by atoms with van der Waals surface area (Å²) in [6.45, 7) is 8.61. The molecule has 0 spiro atoms. The van der Waals surface area contributed by atoms with Crippen LogP contribution in [-0.2, 0) is 21.3 Å². The highest BCUT2D eigenvalue weighted by atomic mass is 16.7. The van der Waals surface area contributed by atoms with Crippen molar-refractivity contribution in [3.8, 4) is 5.75 Å². The first-order valence-corrected chi connectivity index (χ1v) is 14.9. The van der Waals surface area contributed by atoms with Gasteiger partial charge in [0.1, 0.15) is 18.1 Å². The molecule has 0 amide bonds. The van der Waals surface area contributed by atoms with E-state index in [1.807, 2.05) is 25.1 Å². The van der Waals surface area contributed by atoms with Gasteiger partial charge in [-0.3, -0.25) is 15.0 Å². The van der Waals surface area contributed by atoms with Crippen LogP contribution in [-0.4, -0.2) is 95.8 Å². The summed E-state index contributed by atoms with van der Waals surface area (Å²) in [7, 11) is 3.32. The molecule has 46 heavy (non-hydrogen) atoms. The fourth-order valence-corrected chi connectivity index (χ4v) is 5.64. The lowest BCUT2D eigenvalue weighted by Crippen LogP contribution is -2.47. The highest BCUT2D eigenvalue weighted by molar-refractivity contribution is 5.76. The summed E-state index contributed by atoms with van der Waals surface area (Å²) in [5.74, 6) is 0.642. The van der Waals surface area contributed by atoms with E-state index in [1.54, 1.807) is 33.2 Å².